The normalized spacial score (nSPS) is 21.3. The Morgan fingerprint density at radius 3 is 2.76 bits per heavy atom. The zero-order valence-corrected chi connectivity index (χ0v) is 13.6. The number of anilines is 1. The van der Waals surface area contributed by atoms with Crippen molar-refractivity contribution in [3.05, 3.63) is 28.3 Å². The van der Waals surface area contributed by atoms with E-state index >= 15 is 0 Å². The number of rotatable bonds is 2. The van der Waals surface area contributed by atoms with Gasteiger partial charge in [-0.25, -0.2) is 4.79 Å². The maximum absolute atomic E-state index is 12.0. The van der Waals surface area contributed by atoms with Crippen molar-refractivity contribution >= 4 is 35.7 Å². The second-order valence-electron chi connectivity index (χ2n) is 5.20. The average Bonchev–Trinajstić information content (AvgIpc) is 2.36. The Hall–Kier alpha value is -1.01. The number of aliphatic hydroxyl groups excluding tert-OH is 1. The summed E-state index contributed by atoms with van der Waals surface area (Å²) in [5, 5.41) is 18.9. The summed E-state index contributed by atoms with van der Waals surface area (Å²) in [7, 11) is 0. The van der Waals surface area contributed by atoms with Gasteiger partial charge in [0.05, 0.1) is 22.9 Å². The van der Waals surface area contributed by atoms with Crippen LogP contribution in [0.2, 0.25) is 5.02 Å². The number of halogens is 2. The van der Waals surface area contributed by atoms with Gasteiger partial charge in [0.2, 0.25) is 0 Å². The van der Waals surface area contributed by atoms with E-state index in [4.69, 9.17) is 11.6 Å². The van der Waals surface area contributed by atoms with E-state index in [9.17, 15) is 9.90 Å². The first-order chi connectivity index (χ1) is 9.47. The summed E-state index contributed by atoms with van der Waals surface area (Å²) in [6.07, 6.45) is 0.138. The minimum absolute atomic E-state index is 0. The maximum Gasteiger partial charge on any atom is 0.319 e. The monoisotopic (exact) mass is 333 g/mol. The number of hydrogen-bond donors (Lipinski definition) is 4. The molecular formula is C14H21Cl2N3O2. The Bertz CT molecular complexity index is 488. The lowest BCUT2D eigenvalue weighted by molar-refractivity contribution is 0.107. The van der Waals surface area contributed by atoms with E-state index in [0.29, 0.717) is 23.7 Å². The van der Waals surface area contributed by atoms with Gasteiger partial charge in [0, 0.05) is 6.54 Å². The first kappa shape index (κ1) is 18.0. The molecule has 118 valence electrons. The van der Waals surface area contributed by atoms with Gasteiger partial charge in [0.15, 0.2) is 0 Å². The average molecular weight is 334 g/mol. The van der Waals surface area contributed by atoms with Crippen LogP contribution in [0, 0.1) is 13.8 Å². The predicted molar refractivity (Wildman–Crippen MR) is 87.6 cm³/mol. The first-order valence-electron chi connectivity index (χ1n) is 6.70. The topological polar surface area (TPSA) is 73.4 Å². The van der Waals surface area contributed by atoms with Crippen LogP contribution in [-0.4, -0.2) is 36.4 Å². The lowest BCUT2D eigenvalue weighted by Gasteiger charge is -2.29. The summed E-state index contributed by atoms with van der Waals surface area (Å²) < 4.78 is 0. The van der Waals surface area contributed by atoms with Gasteiger partial charge in [-0.3, -0.25) is 0 Å². The highest BCUT2D eigenvalue weighted by Crippen LogP contribution is 2.27. The summed E-state index contributed by atoms with van der Waals surface area (Å²) in [6, 6.07) is 3.19. The fourth-order valence-electron chi connectivity index (χ4n) is 2.40. The van der Waals surface area contributed by atoms with Crippen molar-refractivity contribution in [1.82, 2.24) is 10.6 Å². The molecule has 1 aliphatic heterocycles. The zero-order chi connectivity index (χ0) is 14.7. The van der Waals surface area contributed by atoms with Crippen molar-refractivity contribution in [2.45, 2.75) is 32.4 Å². The maximum atomic E-state index is 12.0. The van der Waals surface area contributed by atoms with E-state index in [2.05, 4.69) is 16.0 Å². The van der Waals surface area contributed by atoms with E-state index in [0.717, 1.165) is 17.7 Å². The number of β-amino-alcohol motifs (C(OH)–C–C–N with tert-alkyl or cyclic N) is 1. The predicted octanol–water partition coefficient (Wildman–Crippen LogP) is 2.22. The molecule has 0 radical (unpaired) electrons. The Morgan fingerprint density at radius 1 is 1.43 bits per heavy atom. The summed E-state index contributed by atoms with van der Waals surface area (Å²) in [5.74, 6) is 0. The molecule has 1 heterocycles. The Balaban J connectivity index is 0.00000220. The van der Waals surface area contributed by atoms with Crippen LogP contribution < -0.4 is 16.0 Å². The number of nitrogens with one attached hydrogen (secondary N) is 3. The molecule has 5 nitrogen and oxygen atoms in total. The molecule has 21 heavy (non-hydrogen) atoms. The van der Waals surface area contributed by atoms with Crippen molar-refractivity contribution < 1.29 is 9.90 Å². The number of aryl methyl sites for hydroxylation is 2. The van der Waals surface area contributed by atoms with E-state index in [-0.39, 0.29) is 24.5 Å². The summed E-state index contributed by atoms with van der Waals surface area (Å²) in [6.45, 7) is 5.13. The van der Waals surface area contributed by atoms with Crippen LogP contribution in [0.4, 0.5) is 10.5 Å². The number of amides is 2. The highest BCUT2D eigenvalue weighted by molar-refractivity contribution is 6.34. The zero-order valence-electron chi connectivity index (χ0n) is 12.1. The second kappa shape index (κ2) is 7.84. The van der Waals surface area contributed by atoms with Gasteiger partial charge in [-0.05, 0) is 44.0 Å². The highest BCUT2D eigenvalue weighted by atomic mass is 35.5. The molecule has 1 aliphatic rings. The van der Waals surface area contributed by atoms with Crippen LogP contribution in [0.1, 0.15) is 17.5 Å². The molecule has 1 aromatic rings. The van der Waals surface area contributed by atoms with E-state index < -0.39 is 6.10 Å². The minimum Gasteiger partial charge on any atom is -0.390 e. The molecule has 4 N–H and O–H groups in total. The van der Waals surface area contributed by atoms with Gasteiger partial charge in [0.1, 0.15) is 0 Å². The molecule has 2 rings (SSSR count). The molecule has 7 heteroatoms. The van der Waals surface area contributed by atoms with E-state index in [1.807, 2.05) is 26.0 Å². The van der Waals surface area contributed by atoms with Crippen LogP contribution in [-0.2, 0) is 0 Å². The SMILES string of the molecule is Cc1cc(C)c(NC(=O)N[C@@H]2CCNC[C@H]2O)c(Cl)c1.Cl. The largest absolute Gasteiger partial charge is 0.390 e. The van der Waals surface area contributed by atoms with Crippen LogP contribution in [0.5, 0.6) is 0 Å². The van der Waals surface area contributed by atoms with Crippen LogP contribution in [0.3, 0.4) is 0 Å². The lowest BCUT2D eigenvalue weighted by Crippen LogP contribution is -2.53. The molecule has 0 aromatic heterocycles. The third-order valence-electron chi connectivity index (χ3n) is 3.44. The first-order valence-corrected chi connectivity index (χ1v) is 7.08. The number of aliphatic hydroxyl groups is 1. The molecule has 0 bridgehead atoms. The third kappa shape index (κ3) is 4.74. The fourth-order valence-corrected chi connectivity index (χ4v) is 2.77. The van der Waals surface area contributed by atoms with Crippen molar-refractivity contribution in [3.63, 3.8) is 0 Å². The number of hydrogen-bond acceptors (Lipinski definition) is 3. The minimum atomic E-state index is -0.566. The molecule has 0 spiro atoms. The lowest BCUT2D eigenvalue weighted by atomic mass is 10.0. The number of carbonyl (C=O) groups excluding carboxylic acids is 1. The summed E-state index contributed by atoms with van der Waals surface area (Å²) in [5.41, 5.74) is 2.57. The molecule has 1 saturated heterocycles. The Kier molecular flexibility index (Phi) is 6.74. The van der Waals surface area contributed by atoms with Gasteiger partial charge < -0.3 is 21.1 Å². The molecular weight excluding hydrogens is 313 g/mol. The quantitative estimate of drug-likeness (QED) is 0.670. The van der Waals surface area contributed by atoms with Gasteiger partial charge in [-0.2, -0.15) is 0 Å². The molecule has 0 aliphatic carbocycles. The second-order valence-corrected chi connectivity index (χ2v) is 5.61. The van der Waals surface area contributed by atoms with Crippen molar-refractivity contribution in [1.29, 1.82) is 0 Å². The summed E-state index contributed by atoms with van der Waals surface area (Å²) in [4.78, 5) is 12.0. The van der Waals surface area contributed by atoms with Gasteiger partial charge in [-0.1, -0.05) is 17.7 Å². The standard InChI is InChI=1S/C14H20ClN3O2.ClH/c1-8-5-9(2)13(10(15)6-8)18-14(20)17-11-3-4-16-7-12(11)19;/h5-6,11-12,16,19H,3-4,7H2,1-2H3,(H2,17,18,20);1H/t11-,12-;/m1./s1. The fraction of sp³-hybridized carbons (Fsp3) is 0.500. The third-order valence-corrected chi connectivity index (χ3v) is 3.73. The van der Waals surface area contributed by atoms with Crippen LogP contribution >= 0.6 is 24.0 Å². The number of carbonyl (C=O) groups is 1. The van der Waals surface area contributed by atoms with E-state index in [1.54, 1.807) is 0 Å². The van der Waals surface area contributed by atoms with Crippen molar-refractivity contribution in [2.75, 3.05) is 18.4 Å². The number of urea groups is 1. The van der Waals surface area contributed by atoms with Crippen molar-refractivity contribution in [2.24, 2.45) is 0 Å². The van der Waals surface area contributed by atoms with Gasteiger partial charge in [-0.15, -0.1) is 12.4 Å². The van der Waals surface area contributed by atoms with Gasteiger partial charge in [0.25, 0.3) is 0 Å². The van der Waals surface area contributed by atoms with Crippen LogP contribution in [0.25, 0.3) is 0 Å². The Morgan fingerprint density at radius 2 is 2.14 bits per heavy atom. The number of piperidine rings is 1. The number of benzene rings is 1. The summed E-state index contributed by atoms with van der Waals surface area (Å²) >= 11 is 6.15. The van der Waals surface area contributed by atoms with Crippen molar-refractivity contribution in [3.8, 4) is 0 Å². The van der Waals surface area contributed by atoms with E-state index in [1.165, 1.54) is 0 Å². The van der Waals surface area contributed by atoms with Gasteiger partial charge >= 0.3 is 6.03 Å². The molecule has 0 unspecified atom stereocenters. The molecule has 2 atom stereocenters. The van der Waals surface area contributed by atoms with Crippen LogP contribution in [0.15, 0.2) is 12.1 Å². The molecule has 1 fully saturated rings. The molecule has 2 amide bonds. The Labute approximate surface area is 135 Å². The highest BCUT2D eigenvalue weighted by Gasteiger charge is 2.24. The molecule has 1 aromatic carbocycles. The smallest absolute Gasteiger partial charge is 0.319 e. The molecule has 0 saturated carbocycles.